The van der Waals surface area contributed by atoms with Gasteiger partial charge in [-0.05, 0) is 19.1 Å². The molecule has 0 aliphatic heterocycles. The van der Waals surface area contributed by atoms with E-state index in [2.05, 4.69) is 11.4 Å². The van der Waals surface area contributed by atoms with E-state index < -0.39 is 18.1 Å². The van der Waals surface area contributed by atoms with Gasteiger partial charge >= 0.3 is 0 Å². The van der Waals surface area contributed by atoms with Gasteiger partial charge in [-0.2, -0.15) is 0 Å². The fraction of sp³-hybridized carbons (Fsp3) is 0.364. The van der Waals surface area contributed by atoms with Crippen molar-refractivity contribution in [1.82, 2.24) is 0 Å². The van der Waals surface area contributed by atoms with E-state index in [1.54, 1.807) is 18.2 Å². The zero-order valence-corrected chi connectivity index (χ0v) is 9.23. The fourth-order valence-corrected chi connectivity index (χ4v) is 1.08. The molecular formula is C11H15N2O3. The summed E-state index contributed by atoms with van der Waals surface area (Å²) in [7, 11) is 1.53. The molecule has 0 heterocycles. The maximum atomic E-state index is 11.5. The third-order valence-corrected chi connectivity index (χ3v) is 2.09. The summed E-state index contributed by atoms with van der Waals surface area (Å²) in [5, 5.41) is 11.7. The normalized spacial score (nSPS) is 14.0. The van der Waals surface area contributed by atoms with Crippen molar-refractivity contribution in [3.63, 3.8) is 0 Å². The minimum atomic E-state index is -0.959. The van der Waals surface area contributed by atoms with Crippen molar-refractivity contribution in [3.05, 3.63) is 24.3 Å². The number of ether oxygens (including phenoxy) is 1. The standard InChI is InChI=1S/C11H15N2O3/c1-7(14)10(12)11(15)13-8-4-3-5-9(6-8)16-2/h3,5-7,10,14H,12H2,1-2H3,(H,13,15). The van der Waals surface area contributed by atoms with Gasteiger partial charge in [0, 0.05) is 12.1 Å². The first-order valence-corrected chi connectivity index (χ1v) is 4.85. The van der Waals surface area contributed by atoms with Crippen molar-refractivity contribution < 1.29 is 14.6 Å². The number of nitrogens with one attached hydrogen (secondary N) is 1. The van der Waals surface area contributed by atoms with Crippen LogP contribution in [0.1, 0.15) is 6.92 Å². The van der Waals surface area contributed by atoms with Crippen molar-refractivity contribution in [2.24, 2.45) is 5.73 Å². The van der Waals surface area contributed by atoms with Crippen LogP contribution in [0.5, 0.6) is 5.75 Å². The first-order valence-electron chi connectivity index (χ1n) is 4.85. The Balaban J connectivity index is 2.69. The second kappa shape index (κ2) is 5.48. The molecule has 1 aromatic carbocycles. The average Bonchev–Trinajstić information content (AvgIpc) is 2.28. The van der Waals surface area contributed by atoms with Gasteiger partial charge in [0.2, 0.25) is 5.91 Å². The smallest absolute Gasteiger partial charge is 0.243 e. The summed E-state index contributed by atoms with van der Waals surface area (Å²) in [6.45, 7) is 1.46. The number of benzene rings is 1. The Morgan fingerprint density at radius 2 is 2.38 bits per heavy atom. The van der Waals surface area contributed by atoms with Gasteiger partial charge in [-0.25, -0.2) is 0 Å². The van der Waals surface area contributed by atoms with Crippen LogP contribution in [0.15, 0.2) is 18.2 Å². The molecule has 16 heavy (non-hydrogen) atoms. The summed E-state index contributed by atoms with van der Waals surface area (Å²) < 4.78 is 4.99. The van der Waals surface area contributed by atoms with Crippen LogP contribution in [0.2, 0.25) is 0 Å². The van der Waals surface area contributed by atoms with E-state index >= 15 is 0 Å². The van der Waals surface area contributed by atoms with Gasteiger partial charge in [0.15, 0.2) is 0 Å². The van der Waals surface area contributed by atoms with Crippen LogP contribution in [0.25, 0.3) is 0 Å². The maximum absolute atomic E-state index is 11.5. The molecule has 5 heteroatoms. The highest BCUT2D eigenvalue weighted by molar-refractivity contribution is 5.95. The Morgan fingerprint density at radius 1 is 1.69 bits per heavy atom. The van der Waals surface area contributed by atoms with Crippen LogP contribution in [0, 0.1) is 6.07 Å². The molecule has 0 aromatic heterocycles. The van der Waals surface area contributed by atoms with Gasteiger partial charge in [-0.15, -0.1) is 0 Å². The molecule has 1 aromatic rings. The minimum Gasteiger partial charge on any atom is -0.497 e. The molecule has 0 aliphatic carbocycles. The van der Waals surface area contributed by atoms with Crippen molar-refractivity contribution in [2.45, 2.75) is 19.1 Å². The van der Waals surface area contributed by atoms with Gasteiger partial charge < -0.3 is 20.9 Å². The van der Waals surface area contributed by atoms with Gasteiger partial charge in [-0.3, -0.25) is 4.79 Å². The number of methoxy groups -OCH3 is 1. The largest absolute Gasteiger partial charge is 0.497 e. The van der Waals surface area contributed by atoms with Crippen molar-refractivity contribution in [1.29, 1.82) is 0 Å². The molecule has 2 atom stereocenters. The first-order chi connectivity index (χ1) is 7.54. The van der Waals surface area contributed by atoms with Gasteiger partial charge in [0.25, 0.3) is 0 Å². The number of nitrogens with two attached hydrogens (primary N) is 1. The van der Waals surface area contributed by atoms with Crippen molar-refractivity contribution in [2.75, 3.05) is 12.4 Å². The topological polar surface area (TPSA) is 84.6 Å². The molecule has 0 fully saturated rings. The zero-order valence-electron chi connectivity index (χ0n) is 9.23. The summed E-state index contributed by atoms with van der Waals surface area (Å²) in [5.74, 6) is 0.152. The highest BCUT2D eigenvalue weighted by Gasteiger charge is 2.18. The molecule has 0 bridgehead atoms. The number of hydrogen-bond donors (Lipinski definition) is 3. The summed E-state index contributed by atoms with van der Waals surface area (Å²) >= 11 is 0. The molecule has 4 N–H and O–H groups in total. The van der Waals surface area contributed by atoms with E-state index in [-0.39, 0.29) is 0 Å². The molecule has 0 saturated heterocycles. The second-order valence-electron chi connectivity index (χ2n) is 3.40. The van der Waals surface area contributed by atoms with E-state index in [9.17, 15) is 4.79 Å². The molecule has 1 amide bonds. The number of rotatable bonds is 4. The number of hydrogen-bond acceptors (Lipinski definition) is 4. The number of aliphatic hydroxyl groups excluding tert-OH is 1. The first kappa shape index (κ1) is 12.5. The Labute approximate surface area is 94.2 Å². The monoisotopic (exact) mass is 223 g/mol. The van der Waals surface area contributed by atoms with Gasteiger partial charge in [-0.1, -0.05) is 0 Å². The lowest BCUT2D eigenvalue weighted by Gasteiger charge is -2.14. The number of carbonyl (C=O) groups is 1. The number of amides is 1. The van der Waals surface area contributed by atoms with Crippen molar-refractivity contribution >= 4 is 11.6 Å². The van der Waals surface area contributed by atoms with Crippen molar-refractivity contribution in [3.8, 4) is 5.75 Å². The summed E-state index contributed by atoms with van der Waals surface area (Å²) in [6.07, 6.45) is -0.898. The third-order valence-electron chi connectivity index (χ3n) is 2.09. The van der Waals surface area contributed by atoms with Crippen LogP contribution in [0.3, 0.4) is 0 Å². The van der Waals surface area contributed by atoms with Gasteiger partial charge in [0.1, 0.15) is 11.8 Å². The Kier molecular flexibility index (Phi) is 4.28. The average molecular weight is 223 g/mol. The minimum absolute atomic E-state index is 0.459. The number of anilines is 1. The van der Waals surface area contributed by atoms with E-state index in [4.69, 9.17) is 15.6 Å². The van der Waals surface area contributed by atoms with E-state index in [0.29, 0.717) is 11.4 Å². The number of carbonyl (C=O) groups excluding carboxylic acids is 1. The van der Waals surface area contributed by atoms with E-state index in [0.717, 1.165) is 0 Å². The highest BCUT2D eigenvalue weighted by Crippen LogP contribution is 2.16. The predicted octanol–water partition coefficient (Wildman–Crippen LogP) is 0.142. The van der Waals surface area contributed by atoms with Crippen LogP contribution >= 0.6 is 0 Å². The predicted molar refractivity (Wildman–Crippen MR) is 60.1 cm³/mol. The van der Waals surface area contributed by atoms with Crippen LogP contribution < -0.4 is 15.8 Å². The van der Waals surface area contributed by atoms with Crippen LogP contribution in [0.4, 0.5) is 5.69 Å². The molecule has 87 valence electrons. The summed E-state index contributed by atoms with van der Waals surface area (Å²) in [6, 6.07) is 6.82. The zero-order chi connectivity index (χ0) is 12.1. The summed E-state index contributed by atoms with van der Waals surface area (Å²) in [5.41, 5.74) is 5.93. The summed E-state index contributed by atoms with van der Waals surface area (Å²) in [4.78, 5) is 11.5. The molecule has 0 spiro atoms. The fourth-order valence-electron chi connectivity index (χ4n) is 1.08. The molecular weight excluding hydrogens is 208 g/mol. The lowest BCUT2D eigenvalue weighted by atomic mass is 10.2. The molecule has 1 radical (unpaired) electrons. The van der Waals surface area contributed by atoms with Crippen LogP contribution in [-0.4, -0.2) is 30.3 Å². The quantitative estimate of drug-likeness (QED) is 0.678. The van der Waals surface area contributed by atoms with Gasteiger partial charge in [0.05, 0.1) is 18.9 Å². The molecule has 5 nitrogen and oxygen atoms in total. The Morgan fingerprint density at radius 3 is 2.94 bits per heavy atom. The SMILES string of the molecule is COc1cc[c]c(NC(=O)C(N)C(C)O)c1. The Hall–Kier alpha value is -1.59. The Bertz CT molecular complexity index is 366. The molecule has 0 aliphatic rings. The van der Waals surface area contributed by atoms with Crippen LogP contribution in [-0.2, 0) is 4.79 Å². The molecule has 1 rings (SSSR count). The van der Waals surface area contributed by atoms with E-state index in [1.165, 1.54) is 14.0 Å². The molecule has 2 unspecified atom stereocenters. The lowest BCUT2D eigenvalue weighted by Crippen LogP contribution is -2.43. The lowest BCUT2D eigenvalue weighted by molar-refractivity contribution is -0.119. The highest BCUT2D eigenvalue weighted by atomic mass is 16.5. The molecule has 0 saturated carbocycles. The maximum Gasteiger partial charge on any atom is 0.243 e. The second-order valence-corrected chi connectivity index (χ2v) is 3.40. The third kappa shape index (κ3) is 3.22. The van der Waals surface area contributed by atoms with E-state index in [1.807, 2.05) is 0 Å². The number of aliphatic hydroxyl groups is 1.